The van der Waals surface area contributed by atoms with Crippen molar-refractivity contribution >= 4 is 17.6 Å². The first kappa shape index (κ1) is 14.1. The number of carbonyl (C=O) groups excluding carboxylic acids is 1. The number of nitrogens with one attached hydrogen (secondary N) is 2. The van der Waals surface area contributed by atoms with E-state index in [0.29, 0.717) is 12.2 Å². The van der Waals surface area contributed by atoms with E-state index < -0.39 is 5.97 Å². The van der Waals surface area contributed by atoms with Gasteiger partial charge in [0.25, 0.3) is 0 Å². The van der Waals surface area contributed by atoms with Crippen LogP contribution in [0.2, 0.25) is 0 Å². The molecule has 0 aromatic carbocycles. The standard InChI is InChI=1S/C12H17N3O3/c1-3-13-5-8(2)11(16)15-10-4-9(12(17)18)6-14-7-10/h4,6-8,13H,3,5H2,1-2H3,(H,15,16)(H,17,18). The fourth-order valence-corrected chi connectivity index (χ4v) is 1.34. The molecule has 18 heavy (non-hydrogen) atoms. The molecular weight excluding hydrogens is 234 g/mol. The van der Waals surface area contributed by atoms with E-state index in [2.05, 4.69) is 15.6 Å². The zero-order chi connectivity index (χ0) is 13.5. The summed E-state index contributed by atoms with van der Waals surface area (Å²) in [7, 11) is 0. The molecule has 0 saturated heterocycles. The van der Waals surface area contributed by atoms with Gasteiger partial charge >= 0.3 is 5.97 Å². The van der Waals surface area contributed by atoms with Crippen molar-refractivity contribution in [1.29, 1.82) is 0 Å². The lowest BCUT2D eigenvalue weighted by atomic mass is 10.1. The Morgan fingerprint density at radius 1 is 1.44 bits per heavy atom. The van der Waals surface area contributed by atoms with Crippen molar-refractivity contribution < 1.29 is 14.7 Å². The number of carbonyl (C=O) groups is 2. The number of carboxylic acid groups (broad SMARTS) is 1. The van der Waals surface area contributed by atoms with E-state index in [-0.39, 0.29) is 17.4 Å². The Labute approximate surface area is 105 Å². The van der Waals surface area contributed by atoms with Gasteiger partial charge < -0.3 is 15.7 Å². The van der Waals surface area contributed by atoms with Crippen LogP contribution >= 0.6 is 0 Å². The van der Waals surface area contributed by atoms with Gasteiger partial charge in [-0.2, -0.15) is 0 Å². The molecule has 1 amide bonds. The molecule has 1 aromatic heterocycles. The summed E-state index contributed by atoms with van der Waals surface area (Å²) >= 11 is 0. The minimum atomic E-state index is -1.07. The van der Waals surface area contributed by atoms with Crippen molar-refractivity contribution in [2.45, 2.75) is 13.8 Å². The molecule has 0 aliphatic rings. The van der Waals surface area contributed by atoms with Crippen LogP contribution in [-0.4, -0.2) is 35.1 Å². The number of carboxylic acids is 1. The predicted octanol–water partition coefficient (Wildman–Crippen LogP) is 0.964. The number of amides is 1. The topological polar surface area (TPSA) is 91.3 Å². The number of aromatic carboxylic acids is 1. The van der Waals surface area contributed by atoms with Crippen LogP contribution in [0.1, 0.15) is 24.2 Å². The molecule has 6 nitrogen and oxygen atoms in total. The van der Waals surface area contributed by atoms with Crippen LogP contribution < -0.4 is 10.6 Å². The number of aromatic nitrogens is 1. The quantitative estimate of drug-likeness (QED) is 0.700. The third kappa shape index (κ3) is 4.14. The molecular formula is C12H17N3O3. The minimum absolute atomic E-state index is 0.0483. The third-order valence-corrected chi connectivity index (χ3v) is 2.40. The third-order valence-electron chi connectivity index (χ3n) is 2.40. The highest BCUT2D eigenvalue weighted by Crippen LogP contribution is 2.09. The summed E-state index contributed by atoms with van der Waals surface area (Å²) in [6.07, 6.45) is 2.66. The number of anilines is 1. The van der Waals surface area contributed by atoms with Crippen LogP contribution in [-0.2, 0) is 4.79 Å². The molecule has 0 spiro atoms. The molecule has 1 rings (SSSR count). The van der Waals surface area contributed by atoms with Gasteiger partial charge in [-0.1, -0.05) is 13.8 Å². The molecule has 0 aliphatic carbocycles. The molecule has 0 aliphatic heterocycles. The first-order valence-corrected chi connectivity index (χ1v) is 5.74. The van der Waals surface area contributed by atoms with E-state index >= 15 is 0 Å². The van der Waals surface area contributed by atoms with Crippen molar-refractivity contribution in [3.05, 3.63) is 24.0 Å². The molecule has 1 atom stereocenters. The zero-order valence-electron chi connectivity index (χ0n) is 10.4. The molecule has 98 valence electrons. The Morgan fingerprint density at radius 2 is 2.17 bits per heavy atom. The fraction of sp³-hybridized carbons (Fsp3) is 0.417. The number of hydrogen-bond acceptors (Lipinski definition) is 4. The summed E-state index contributed by atoms with van der Waals surface area (Å²) in [6.45, 7) is 5.14. The average Bonchev–Trinajstić information content (AvgIpc) is 2.36. The molecule has 0 fully saturated rings. The molecule has 1 unspecified atom stereocenters. The smallest absolute Gasteiger partial charge is 0.337 e. The molecule has 1 heterocycles. The van der Waals surface area contributed by atoms with Gasteiger partial charge in [-0.3, -0.25) is 9.78 Å². The van der Waals surface area contributed by atoms with Gasteiger partial charge in [-0.15, -0.1) is 0 Å². The monoisotopic (exact) mass is 251 g/mol. The van der Waals surface area contributed by atoms with Gasteiger partial charge in [0, 0.05) is 18.7 Å². The maximum absolute atomic E-state index is 11.8. The predicted molar refractivity (Wildman–Crippen MR) is 67.5 cm³/mol. The van der Waals surface area contributed by atoms with Gasteiger partial charge in [-0.25, -0.2) is 4.79 Å². The van der Waals surface area contributed by atoms with Gasteiger partial charge in [0.2, 0.25) is 5.91 Å². The fourth-order valence-electron chi connectivity index (χ4n) is 1.34. The van der Waals surface area contributed by atoms with Crippen molar-refractivity contribution in [1.82, 2.24) is 10.3 Å². The van der Waals surface area contributed by atoms with Crippen LogP contribution in [0.15, 0.2) is 18.5 Å². The van der Waals surface area contributed by atoms with Crippen molar-refractivity contribution in [2.24, 2.45) is 5.92 Å². The highest BCUT2D eigenvalue weighted by Gasteiger charge is 2.13. The van der Waals surface area contributed by atoms with Crippen LogP contribution in [0, 0.1) is 5.92 Å². The van der Waals surface area contributed by atoms with Gasteiger partial charge in [0.05, 0.1) is 17.4 Å². The second-order valence-corrected chi connectivity index (χ2v) is 3.97. The maximum atomic E-state index is 11.8. The van der Waals surface area contributed by atoms with Crippen LogP contribution in [0.4, 0.5) is 5.69 Å². The molecule has 1 aromatic rings. The van der Waals surface area contributed by atoms with E-state index in [1.54, 1.807) is 6.92 Å². The number of rotatable bonds is 6. The summed E-state index contributed by atoms with van der Waals surface area (Å²) in [5.41, 5.74) is 0.440. The lowest BCUT2D eigenvalue weighted by Gasteiger charge is -2.12. The Bertz CT molecular complexity index is 434. The van der Waals surface area contributed by atoms with E-state index in [4.69, 9.17) is 5.11 Å². The molecule has 0 bridgehead atoms. The Kier molecular flexibility index (Phi) is 5.26. The van der Waals surface area contributed by atoms with E-state index in [1.165, 1.54) is 18.5 Å². The molecule has 6 heteroatoms. The van der Waals surface area contributed by atoms with Crippen molar-refractivity contribution in [2.75, 3.05) is 18.4 Å². The first-order chi connectivity index (χ1) is 8.54. The Balaban J connectivity index is 2.64. The Morgan fingerprint density at radius 3 is 2.78 bits per heavy atom. The van der Waals surface area contributed by atoms with Gasteiger partial charge in [0.15, 0.2) is 0 Å². The van der Waals surface area contributed by atoms with E-state index in [0.717, 1.165) is 6.54 Å². The molecule has 0 saturated carbocycles. The summed E-state index contributed by atoms with van der Waals surface area (Å²) in [5, 5.41) is 14.5. The van der Waals surface area contributed by atoms with Crippen LogP contribution in [0.5, 0.6) is 0 Å². The van der Waals surface area contributed by atoms with Gasteiger partial charge in [-0.05, 0) is 12.6 Å². The van der Waals surface area contributed by atoms with Crippen LogP contribution in [0.3, 0.4) is 0 Å². The van der Waals surface area contributed by atoms with Crippen LogP contribution in [0.25, 0.3) is 0 Å². The summed E-state index contributed by atoms with van der Waals surface area (Å²) < 4.78 is 0. The lowest BCUT2D eigenvalue weighted by molar-refractivity contribution is -0.119. The molecule has 0 radical (unpaired) electrons. The maximum Gasteiger partial charge on any atom is 0.337 e. The summed E-state index contributed by atoms with van der Waals surface area (Å²) in [4.78, 5) is 26.3. The van der Waals surface area contributed by atoms with Crippen molar-refractivity contribution in [3.63, 3.8) is 0 Å². The SMILES string of the molecule is CCNCC(C)C(=O)Nc1cncc(C(=O)O)c1. The largest absolute Gasteiger partial charge is 0.478 e. The van der Waals surface area contributed by atoms with Crippen molar-refractivity contribution in [3.8, 4) is 0 Å². The second-order valence-electron chi connectivity index (χ2n) is 3.97. The first-order valence-electron chi connectivity index (χ1n) is 5.74. The highest BCUT2D eigenvalue weighted by molar-refractivity contribution is 5.94. The normalized spacial score (nSPS) is 11.9. The van der Waals surface area contributed by atoms with E-state index in [9.17, 15) is 9.59 Å². The second kappa shape index (κ2) is 6.70. The molecule has 3 N–H and O–H groups in total. The zero-order valence-corrected chi connectivity index (χ0v) is 10.4. The lowest BCUT2D eigenvalue weighted by Crippen LogP contribution is -2.30. The summed E-state index contributed by atoms with van der Waals surface area (Å²) in [5.74, 6) is -1.43. The van der Waals surface area contributed by atoms with Gasteiger partial charge in [0.1, 0.15) is 0 Å². The summed E-state index contributed by atoms with van der Waals surface area (Å²) in [6, 6.07) is 1.38. The number of nitrogens with zero attached hydrogens (tertiary/aromatic N) is 1. The number of pyridine rings is 1. The Hall–Kier alpha value is -1.95. The van der Waals surface area contributed by atoms with E-state index in [1.807, 2.05) is 6.92 Å². The average molecular weight is 251 g/mol. The highest BCUT2D eigenvalue weighted by atomic mass is 16.4. The number of hydrogen-bond donors (Lipinski definition) is 3. The minimum Gasteiger partial charge on any atom is -0.478 e.